The van der Waals surface area contributed by atoms with E-state index in [9.17, 15) is 4.79 Å². The smallest absolute Gasteiger partial charge is 0.323 e. The Morgan fingerprint density at radius 1 is 1.00 bits per heavy atom. The van der Waals surface area contributed by atoms with Gasteiger partial charge in [0.2, 0.25) is 0 Å². The maximum absolute atomic E-state index is 12.5. The van der Waals surface area contributed by atoms with Gasteiger partial charge in [-0.05, 0) is 24.3 Å². The van der Waals surface area contributed by atoms with Crippen LogP contribution in [0.25, 0.3) is 11.3 Å². The number of urea groups is 1. The molecule has 4 rings (SSSR count). The van der Waals surface area contributed by atoms with Crippen LogP contribution in [0.15, 0.2) is 65.1 Å². The van der Waals surface area contributed by atoms with Crippen molar-refractivity contribution >= 4 is 33.5 Å². The standard InChI is InChI=1S/C20H20BrN5O/c21-16-6-4-5-15(13-16)18-14-19(24-23-18)22-20(27)26-11-9-25(10-12-26)17-7-2-1-3-8-17/h1-8,13-14H,9-12H2,(H2,22,23,24,27). The molecule has 1 fully saturated rings. The molecule has 2 N–H and O–H groups in total. The second-order valence-corrected chi connectivity index (χ2v) is 7.33. The summed E-state index contributed by atoms with van der Waals surface area (Å²) in [4.78, 5) is 16.7. The Kier molecular flexibility index (Phi) is 5.11. The number of piperazine rings is 1. The van der Waals surface area contributed by atoms with Gasteiger partial charge in [0, 0.05) is 48.0 Å². The van der Waals surface area contributed by atoms with E-state index in [0.717, 1.165) is 28.8 Å². The summed E-state index contributed by atoms with van der Waals surface area (Å²) >= 11 is 3.47. The molecule has 1 aliphatic heterocycles. The molecule has 0 aliphatic carbocycles. The highest BCUT2D eigenvalue weighted by Gasteiger charge is 2.21. The molecule has 1 saturated heterocycles. The first-order chi connectivity index (χ1) is 13.2. The highest BCUT2D eigenvalue weighted by atomic mass is 79.9. The zero-order valence-electron chi connectivity index (χ0n) is 14.7. The van der Waals surface area contributed by atoms with Gasteiger partial charge >= 0.3 is 6.03 Å². The van der Waals surface area contributed by atoms with E-state index < -0.39 is 0 Å². The number of hydrogen-bond acceptors (Lipinski definition) is 3. The van der Waals surface area contributed by atoms with E-state index in [0.29, 0.717) is 18.9 Å². The van der Waals surface area contributed by atoms with Crippen molar-refractivity contribution in [2.45, 2.75) is 0 Å². The predicted molar refractivity (Wildman–Crippen MR) is 111 cm³/mol. The van der Waals surface area contributed by atoms with Crippen molar-refractivity contribution in [3.05, 3.63) is 65.1 Å². The number of rotatable bonds is 3. The first-order valence-corrected chi connectivity index (χ1v) is 9.65. The van der Waals surface area contributed by atoms with Gasteiger partial charge in [-0.15, -0.1) is 0 Å². The SMILES string of the molecule is O=C(Nc1cc(-c2cccc(Br)c2)[nH]n1)N1CCN(c2ccccc2)CC1. The molecule has 0 spiro atoms. The number of carbonyl (C=O) groups is 1. The third-order valence-electron chi connectivity index (χ3n) is 4.64. The minimum Gasteiger partial charge on any atom is -0.368 e. The second-order valence-electron chi connectivity index (χ2n) is 6.42. The number of nitrogens with zero attached hydrogens (tertiary/aromatic N) is 3. The summed E-state index contributed by atoms with van der Waals surface area (Å²) in [5.74, 6) is 0.528. The van der Waals surface area contributed by atoms with Gasteiger partial charge in [0.1, 0.15) is 0 Å². The van der Waals surface area contributed by atoms with Crippen LogP contribution < -0.4 is 10.2 Å². The lowest BCUT2D eigenvalue weighted by molar-refractivity contribution is 0.208. The number of amides is 2. The number of aromatic nitrogens is 2. The van der Waals surface area contributed by atoms with E-state index in [4.69, 9.17) is 0 Å². The Morgan fingerprint density at radius 3 is 2.52 bits per heavy atom. The van der Waals surface area contributed by atoms with Crippen molar-refractivity contribution in [3.63, 3.8) is 0 Å². The fraction of sp³-hybridized carbons (Fsp3) is 0.200. The summed E-state index contributed by atoms with van der Waals surface area (Å²) in [5, 5.41) is 10.1. The summed E-state index contributed by atoms with van der Waals surface area (Å²) in [6.07, 6.45) is 0. The van der Waals surface area contributed by atoms with E-state index in [2.05, 4.69) is 48.5 Å². The lowest BCUT2D eigenvalue weighted by Gasteiger charge is -2.35. The van der Waals surface area contributed by atoms with Gasteiger partial charge in [-0.25, -0.2) is 4.79 Å². The topological polar surface area (TPSA) is 64.3 Å². The number of hydrogen-bond donors (Lipinski definition) is 2. The molecule has 0 bridgehead atoms. The number of benzene rings is 2. The zero-order chi connectivity index (χ0) is 18.6. The Bertz CT molecular complexity index is 919. The third kappa shape index (κ3) is 4.14. The Morgan fingerprint density at radius 2 is 1.78 bits per heavy atom. The molecule has 7 heteroatoms. The molecule has 3 aromatic rings. The number of anilines is 2. The van der Waals surface area contributed by atoms with Crippen LogP contribution in [0.5, 0.6) is 0 Å². The summed E-state index contributed by atoms with van der Waals surface area (Å²) in [7, 11) is 0. The number of aromatic amines is 1. The van der Waals surface area contributed by atoms with Gasteiger partial charge in [0.05, 0.1) is 5.69 Å². The Labute approximate surface area is 166 Å². The van der Waals surface area contributed by atoms with Gasteiger partial charge in [0.15, 0.2) is 5.82 Å². The lowest BCUT2D eigenvalue weighted by atomic mass is 10.1. The summed E-state index contributed by atoms with van der Waals surface area (Å²) in [5.41, 5.74) is 3.07. The normalized spacial score (nSPS) is 14.3. The van der Waals surface area contributed by atoms with Gasteiger partial charge in [0.25, 0.3) is 0 Å². The van der Waals surface area contributed by atoms with Crippen molar-refractivity contribution in [3.8, 4) is 11.3 Å². The molecular weight excluding hydrogens is 406 g/mol. The number of H-pyrrole nitrogens is 1. The summed E-state index contributed by atoms with van der Waals surface area (Å²) in [6, 6.07) is 19.9. The Balaban J connectivity index is 1.35. The van der Waals surface area contributed by atoms with Crippen LogP contribution in [-0.2, 0) is 0 Å². The fourth-order valence-electron chi connectivity index (χ4n) is 3.18. The average molecular weight is 426 g/mol. The minimum atomic E-state index is -0.116. The second kappa shape index (κ2) is 7.84. The van der Waals surface area contributed by atoms with Crippen molar-refractivity contribution < 1.29 is 4.79 Å². The molecule has 2 amide bonds. The molecule has 1 aromatic heterocycles. The fourth-order valence-corrected chi connectivity index (χ4v) is 3.58. The molecule has 138 valence electrons. The lowest BCUT2D eigenvalue weighted by Crippen LogP contribution is -2.50. The quantitative estimate of drug-likeness (QED) is 0.660. The molecule has 0 unspecified atom stereocenters. The molecule has 0 atom stereocenters. The van der Waals surface area contributed by atoms with Crippen LogP contribution in [0, 0.1) is 0 Å². The van der Waals surface area contributed by atoms with Gasteiger partial charge in [-0.3, -0.25) is 10.4 Å². The molecular formula is C20H20BrN5O. The van der Waals surface area contributed by atoms with Crippen LogP contribution in [-0.4, -0.2) is 47.3 Å². The molecule has 27 heavy (non-hydrogen) atoms. The number of nitrogens with one attached hydrogen (secondary N) is 2. The molecule has 6 nitrogen and oxygen atoms in total. The van der Waals surface area contributed by atoms with Crippen LogP contribution in [0.1, 0.15) is 0 Å². The zero-order valence-corrected chi connectivity index (χ0v) is 16.3. The van der Waals surface area contributed by atoms with E-state index in [1.165, 1.54) is 5.69 Å². The van der Waals surface area contributed by atoms with Crippen LogP contribution in [0.3, 0.4) is 0 Å². The number of halogens is 1. The van der Waals surface area contributed by atoms with Gasteiger partial charge < -0.3 is 9.80 Å². The maximum Gasteiger partial charge on any atom is 0.323 e. The molecule has 2 heterocycles. The summed E-state index contributed by atoms with van der Waals surface area (Å²) in [6.45, 7) is 3.01. The van der Waals surface area contributed by atoms with E-state index in [-0.39, 0.29) is 6.03 Å². The first kappa shape index (κ1) is 17.6. The third-order valence-corrected chi connectivity index (χ3v) is 5.13. The average Bonchev–Trinajstić information content (AvgIpc) is 3.17. The highest BCUT2D eigenvalue weighted by molar-refractivity contribution is 9.10. The van der Waals surface area contributed by atoms with E-state index in [1.54, 1.807) is 0 Å². The maximum atomic E-state index is 12.5. The van der Waals surface area contributed by atoms with Crippen molar-refractivity contribution in [2.75, 3.05) is 36.4 Å². The summed E-state index contributed by atoms with van der Waals surface area (Å²) < 4.78 is 0.997. The minimum absolute atomic E-state index is 0.116. The number of carbonyl (C=O) groups excluding carboxylic acids is 1. The predicted octanol–water partition coefficient (Wildman–Crippen LogP) is 4.19. The molecule has 0 radical (unpaired) electrons. The largest absolute Gasteiger partial charge is 0.368 e. The van der Waals surface area contributed by atoms with Crippen LogP contribution in [0.4, 0.5) is 16.3 Å². The molecule has 2 aromatic carbocycles. The van der Waals surface area contributed by atoms with Crippen LogP contribution >= 0.6 is 15.9 Å². The molecule has 1 aliphatic rings. The van der Waals surface area contributed by atoms with Crippen molar-refractivity contribution in [1.82, 2.24) is 15.1 Å². The first-order valence-electron chi connectivity index (χ1n) is 8.86. The van der Waals surface area contributed by atoms with Crippen molar-refractivity contribution in [1.29, 1.82) is 0 Å². The monoisotopic (exact) mass is 425 g/mol. The van der Waals surface area contributed by atoms with Gasteiger partial charge in [-0.1, -0.05) is 46.3 Å². The highest BCUT2D eigenvalue weighted by Crippen LogP contribution is 2.23. The van der Waals surface area contributed by atoms with E-state index >= 15 is 0 Å². The van der Waals surface area contributed by atoms with E-state index in [1.807, 2.05) is 53.4 Å². The Hall–Kier alpha value is -2.80. The van der Waals surface area contributed by atoms with Crippen molar-refractivity contribution in [2.24, 2.45) is 0 Å². The number of para-hydroxylation sites is 1. The van der Waals surface area contributed by atoms with Crippen LogP contribution in [0.2, 0.25) is 0 Å². The van der Waals surface area contributed by atoms with Gasteiger partial charge in [-0.2, -0.15) is 5.10 Å². The molecule has 0 saturated carbocycles.